The first-order valence-electron chi connectivity index (χ1n) is 5.92. The van der Waals surface area contributed by atoms with Crippen molar-refractivity contribution in [1.82, 2.24) is 0 Å². The fraction of sp³-hybridized carbons (Fsp3) is 0.133. The summed E-state index contributed by atoms with van der Waals surface area (Å²) in [7, 11) is 0. The summed E-state index contributed by atoms with van der Waals surface area (Å²) < 4.78 is 0. The van der Waals surface area contributed by atoms with Gasteiger partial charge in [-0.15, -0.1) is 11.8 Å². The second-order valence-corrected chi connectivity index (χ2v) is 5.21. The third-order valence-corrected chi connectivity index (χ3v) is 3.84. The second-order valence-electron chi connectivity index (χ2n) is 4.16. The molecule has 1 atom stereocenters. The Hall–Kier alpha value is -1.78. The van der Waals surface area contributed by atoms with Crippen molar-refractivity contribution in [2.24, 2.45) is 5.73 Å². The number of hydrogen-bond donors (Lipinski definition) is 2. The Morgan fingerprint density at radius 1 is 1.11 bits per heavy atom. The van der Waals surface area contributed by atoms with E-state index in [0.717, 1.165) is 10.6 Å². The lowest BCUT2D eigenvalue weighted by Gasteiger charge is -2.07. The van der Waals surface area contributed by atoms with Gasteiger partial charge in [0.15, 0.2) is 0 Å². The van der Waals surface area contributed by atoms with Crippen LogP contribution in [-0.2, 0) is 10.5 Å². The minimum atomic E-state index is -1.01. The number of nitrogens with two attached hydrogens (primary N) is 1. The number of thioether (sulfide) groups is 1. The van der Waals surface area contributed by atoms with Crippen LogP contribution in [0.15, 0.2) is 59.5 Å². The predicted octanol–water partition coefficient (Wildman–Crippen LogP) is 3.06. The minimum Gasteiger partial charge on any atom is -0.480 e. The maximum Gasteiger partial charge on any atom is 0.325 e. The van der Waals surface area contributed by atoms with Crippen LogP contribution in [0.1, 0.15) is 17.2 Å². The van der Waals surface area contributed by atoms with Gasteiger partial charge in [0.1, 0.15) is 6.04 Å². The molecule has 3 nitrogen and oxygen atoms in total. The molecule has 3 N–H and O–H groups in total. The van der Waals surface area contributed by atoms with E-state index in [2.05, 4.69) is 12.1 Å². The molecule has 0 aliphatic rings. The maximum absolute atomic E-state index is 10.8. The Morgan fingerprint density at radius 2 is 1.74 bits per heavy atom. The summed E-state index contributed by atoms with van der Waals surface area (Å²) in [6.07, 6.45) is 0. The number of carbonyl (C=O) groups is 1. The molecule has 0 aliphatic heterocycles. The normalized spacial score (nSPS) is 12.1. The average molecular weight is 273 g/mol. The third-order valence-electron chi connectivity index (χ3n) is 2.75. The highest BCUT2D eigenvalue weighted by Crippen LogP contribution is 2.24. The lowest BCUT2D eigenvalue weighted by molar-refractivity contribution is -0.138. The molecule has 2 aromatic carbocycles. The highest BCUT2D eigenvalue weighted by atomic mass is 32.2. The average Bonchev–Trinajstić information content (AvgIpc) is 2.46. The number of rotatable bonds is 5. The highest BCUT2D eigenvalue weighted by molar-refractivity contribution is 7.98. The Morgan fingerprint density at radius 3 is 2.32 bits per heavy atom. The van der Waals surface area contributed by atoms with E-state index >= 15 is 0 Å². The van der Waals surface area contributed by atoms with Gasteiger partial charge in [-0.05, 0) is 23.3 Å². The SMILES string of the molecule is N[C@H](C(=O)O)c1ccc(SCc2ccccc2)cc1. The van der Waals surface area contributed by atoms with Gasteiger partial charge in [0, 0.05) is 10.6 Å². The monoisotopic (exact) mass is 273 g/mol. The standard InChI is InChI=1S/C15H15NO2S/c16-14(15(17)18)12-6-8-13(9-7-12)19-10-11-4-2-1-3-5-11/h1-9,14H,10,16H2,(H,17,18)/t14-/m0/s1. The molecule has 0 unspecified atom stereocenters. The molecule has 0 fully saturated rings. The van der Waals surface area contributed by atoms with Crippen LogP contribution in [0.3, 0.4) is 0 Å². The van der Waals surface area contributed by atoms with Crippen molar-refractivity contribution in [1.29, 1.82) is 0 Å². The molecular weight excluding hydrogens is 258 g/mol. The van der Waals surface area contributed by atoms with E-state index < -0.39 is 12.0 Å². The molecule has 2 rings (SSSR count). The van der Waals surface area contributed by atoms with E-state index in [1.807, 2.05) is 30.3 Å². The molecule has 19 heavy (non-hydrogen) atoms. The van der Waals surface area contributed by atoms with Crippen molar-refractivity contribution < 1.29 is 9.90 Å². The zero-order valence-electron chi connectivity index (χ0n) is 10.3. The van der Waals surface area contributed by atoms with Crippen LogP contribution in [-0.4, -0.2) is 11.1 Å². The number of hydrogen-bond acceptors (Lipinski definition) is 3. The number of carboxylic acid groups (broad SMARTS) is 1. The van der Waals surface area contributed by atoms with Crippen molar-refractivity contribution in [3.8, 4) is 0 Å². The summed E-state index contributed by atoms with van der Waals surface area (Å²) in [5, 5.41) is 8.83. The first-order valence-corrected chi connectivity index (χ1v) is 6.90. The van der Waals surface area contributed by atoms with Gasteiger partial charge in [0.25, 0.3) is 0 Å². The van der Waals surface area contributed by atoms with Crippen LogP contribution in [0.25, 0.3) is 0 Å². The zero-order valence-corrected chi connectivity index (χ0v) is 11.1. The lowest BCUT2D eigenvalue weighted by atomic mass is 10.1. The third kappa shape index (κ3) is 3.84. The minimum absolute atomic E-state index is 0.622. The van der Waals surface area contributed by atoms with Crippen LogP contribution in [0, 0.1) is 0 Å². The van der Waals surface area contributed by atoms with E-state index in [4.69, 9.17) is 10.8 Å². The molecule has 0 bridgehead atoms. The van der Waals surface area contributed by atoms with Crippen LogP contribution >= 0.6 is 11.8 Å². The van der Waals surface area contributed by atoms with Crippen molar-refractivity contribution in [3.05, 3.63) is 65.7 Å². The van der Waals surface area contributed by atoms with Crippen LogP contribution in [0.2, 0.25) is 0 Å². The van der Waals surface area contributed by atoms with Crippen LogP contribution < -0.4 is 5.73 Å². The fourth-order valence-corrected chi connectivity index (χ4v) is 2.51. The van der Waals surface area contributed by atoms with E-state index in [1.165, 1.54) is 5.56 Å². The lowest BCUT2D eigenvalue weighted by Crippen LogP contribution is -2.20. The summed E-state index contributed by atoms with van der Waals surface area (Å²) in [6.45, 7) is 0. The molecule has 0 amide bonds. The molecule has 0 radical (unpaired) electrons. The van der Waals surface area contributed by atoms with Gasteiger partial charge in [0.05, 0.1) is 0 Å². The Balaban J connectivity index is 1.97. The van der Waals surface area contributed by atoms with E-state index in [0.29, 0.717) is 5.56 Å². The topological polar surface area (TPSA) is 63.3 Å². The highest BCUT2D eigenvalue weighted by Gasteiger charge is 2.13. The van der Waals surface area contributed by atoms with Gasteiger partial charge in [0.2, 0.25) is 0 Å². The van der Waals surface area contributed by atoms with Gasteiger partial charge in [-0.25, -0.2) is 0 Å². The van der Waals surface area contributed by atoms with Gasteiger partial charge in [-0.1, -0.05) is 42.5 Å². The quantitative estimate of drug-likeness (QED) is 0.822. The molecule has 4 heteroatoms. The van der Waals surface area contributed by atoms with Crippen LogP contribution in [0.4, 0.5) is 0 Å². The summed E-state index contributed by atoms with van der Waals surface area (Å²) >= 11 is 1.71. The van der Waals surface area contributed by atoms with Gasteiger partial charge < -0.3 is 10.8 Å². The summed E-state index contributed by atoms with van der Waals surface area (Å²) in [5.41, 5.74) is 7.43. The van der Waals surface area contributed by atoms with Gasteiger partial charge in [-0.2, -0.15) is 0 Å². The summed E-state index contributed by atoms with van der Waals surface area (Å²) in [5.74, 6) is -0.116. The molecular formula is C15H15NO2S. The largest absolute Gasteiger partial charge is 0.480 e. The smallest absolute Gasteiger partial charge is 0.325 e. The molecule has 0 spiro atoms. The Kier molecular flexibility index (Phi) is 4.60. The van der Waals surface area contributed by atoms with E-state index in [-0.39, 0.29) is 0 Å². The fourth-order valence-electron chi connectivity index (χ4n) is 1.65. The molecule has 98 valence electrons. The predicted molar refractivity (Wildman–Crippen MR) is 77.0 cm³/mol. The molecule has 0 aromatic heterocycles. The first-order chi connectivity index (χ1) is 9.16. The Labute approximate surface area is 116 Å². The van der Waals surface area contributed by atoms with E-state index in [9.17, 15) is 4.79 Å². The van der Waals surface area contributed by atoms with Crippen LogP contribution in [0.5, 0.6) is 0 Å². The number of carboxylic acids is 1. The second kappa shape index (κ2) is 6.41. The summed E-state index contributed by atoms with van der Waals surface area (Å²) in [4.78, 5) is 11.9. The van der Waals surface area contributed by atoms with Crippen molar-refractivity contribution in [2.75, 3.05) is 0 Å². The zero-order chi connectivity index (χ0) is 13.7. The van der Waals surface area contributed by atoms with Crippen molar-refractivity contribution in [2.45, 2.75) is 16.7 Å². The van der Waals surface area contributed by atoms with Gasteiger partial charge >= 0.3 is 5.97 Å². The molecule has 0 heterocycles. The molecule has 2 aromatic rings. The van der Waals surface area contributed by atoms with Gasteiger partial charge in [-0.3, -0.25) is 4.79 Å². The van der Waals surface area contributed by atoms with Crippen molar-refractivity contribution >= 4 is 17.7 Å². The Bertz CT molecular complexity index is 540. The van der Waals surface area contributed by atoms with Crippen molar-refractivity contribution in [3.63, 3.8) is 0 Å². The number of aliphatic carboxylic acids is 1. The maximum atomic E-state index is 10.8. The molecule has 0 saturated heterocycles. The molecule has 0 aliphatic carbocycles. The number of benzene rings is 2. The van der Waals surface area contributed by atoms with E-state index in [1.54, 1.807) is 23.9 Å². The summed E-state index contributed by atoms with van der Waals surface area (Å²) in [6, 6.07) is 16.6. The molecule has 0 saturated carbocycles. The first kappa shape index (κ1) is 13.6.